The highest BCUT2D eigenvalue weighted by molar-refractivity contribution is 9.10. The summed E-state index contributed by atoms with van der Waals surface area (Å²) in [5.74, 6) is 0. The first-order chi connectivity index (χ1) is 9.92. The number of halogens is 5. The summed E-state index contributed by atoms with van der Waals surface area (Å²) in [5, 5.41) is 5.56. The Kier molecular flexibility index (Phi) is 6.10. The minimum atomic E-state index is 0.0379. The fourth-order valence-corrected chi connectivity index (χ4v) is 3.63. The first-order valence-corrected chi connectivity index (χ1v) is 8.59. The van der Waals surface area contributed by atoms with E-state index in [2.05, 4.69) is 28.2 Å². The summed E-state index contributed by atoms with van der Waals surface area (Å²) >= 11 is 27.9. The second-order valence-corrected chi connectivity index (χ2v) is 7.07. The van der Waals surface area contributed by atoms with Crippen molar-refractivity contribution in [3.63, 3.8) is 0 Å². The molecule has 0 aromatic heterocycles. The molecule has 0 aliphatic heterocycles. The molecule has 2 aromatic rings. The molecule has 21 heavy (non-hydrogen) atoms. The molecule has 0 aliphatic carbocycles. The first-order valence-electron chi connectivity index (χ1n) is 6.28. The minimum absolute atomic E-state index is 0.0379. The van der Waals surface area contributed by atoms with E-state index in [-0.39, 0.29) is 6.04 Å². The van der Waals surface area contributed by atoms with Crippen LogP contribution in [0.25, 0.3) is 0 Å². The van der Waals surface area contributed by atoms with E-state index >= 15 is 0 Å². The van der Waals surface area contributed by atoms with Crippen molar-refractivity contribution >= 4 is 68.0 Å². The third-order valence-electron chi connectivity index (χ3n) is 3.08. The summed E-state index contributed by atoms with van der Waals surface area (Å²) < 4.78 is 0.839. The van der Waals surface area contributed by atoms with E-state index in [1.807, 2.05) is 12.1 Å². The Morgan fingerprint density at radius 3 is 2.10 bits per heavy atom. The van der Waals surface area contributed by atoms with Crippen LogP contribution in [0.15, 0.2) is 34.8 Å². The molecule has 0 saturated carbocycles. The van der Waals surface area contributed by atoms with Gasteiger partial charge in [-0.3, -0.25) is 0 Å². The smallest absolute Gasteiger partial charge is 0.0724 e. The SMILES string of the molecule is CCC(Nc1c(Cl)cc(Br)cc1Cl)c1ccc(Cl)c(Cl)c1. The summed E-state index contributed by atoms with van der Waals surface area (Å²) in [6, 6.07) is 9.22. The topological polar surface area (TPSA) is 12.0 Å². The van der Waals surface area contributed by atoms with E-state index in [1.165, 1.54) is 0 Å². The molecule has 0 amide bonds. The zero-order valence-corrected chi connectivity index (χ0v) is 15.7. The van der Waals surface area contributed by atoms with E-state index in [9.17, 15) is 0 Å². The Labute approximate surface area is 152 Å². The predicted molar refractivity (Wildman–Crippen MR) is 97.3 cm³/mol. The Bertz CT molecular complexity index is 637. The van der Waals surface area contributed by atoms with E-state index < -0.39 is 0 Å². The lowest BCUT2D eigenvalue weighted by Gasteiger charge is -2.21. The van der Waals surface area contributed by atoms with Crippen molar-refractivity contribution in [2.75, 3.05) is 5.32 Å². The van der Waals surface area contributed by atoms with Gasteiger partial charge in [-0.2, -0.15) is 0 Å². The van der Waals surface area contributed by atoms with Crippen molar-refractivity contribution in [2.24, 2.45) is 0 Å². The van der Waals surface area contributed by atoms with E-state index in [1.54, 1.807) is 18.2 Å². The molecule has 1 atom stereocenters. The Morgan fingerprint density at radius 2 is 1.57 bits per heavy atom. The second-order valence-electron chi connectivity index (χ2n) is 4.52. The maximum Gasteiger partial charge on any atom is 0.0724 e. The number of nitrogens with one attached hydrogen (secondary N) is 1. The van der Waals surface area contributed by atoms with E-state index in [4.69, 9.17) is 46.4 Å². The normalized spacial score (nSPS) is 12.3. The quantitative estimate of drug-likeness (QED) is 0.528. The number of anilines is 1. The van der Waals surface area contributed by atoms with E-state index in [0.717, 1.165) is 16.5 Å². The molecule has 1 N–H and O–H groups in total. The van der Waals surface area contributed by atoms with Crippen LogP contribution in [0.3, 0.4) is 0 Å². The zero-order chi connectivity index (χ0) is 15.6. The van der Waals surface area contributed by atoms with Gasteiger partial charge in [-0.05, 0) is 36.2 Å². The Morgan fingerprint density at radius 1 is 0.952 bits per heavy atom. The van der Waals surface area contributed by atoms with Crippen molar-refractivity contribution in [2.45, 2.75) is 19.4 Å². The molecule has 0 aliphatic rings. The second kappa shape index (κ2) is 7.43. The summed E-state index contributed by atoms with van der Waals surface area (Å²) in [6.07, 6.45) is 0.848. The average molecular weight is 428 g/mol. The molecule has 0 heterocycles. The molecule has 6 heteroatoms. The number of hydrogen-bond donors (Lipinski definition) is 1. The molecule has 0 spiro atoms. The van der Waals surface area contributed by atoms with Crippen LogP contribution < -0.4 is 5.32 Å². The monoisotopic (exact) mass is 425 g/mol. The lowest BCUT2D eigenvalue weighted by molar-refractivity contribution is 0.749. The molecule has 0 fully saturated rings. The van der Waals surface area contributed by atoms with Gasteiger partial charge in [-0.15, -0.1) is 0 Å². The Balaban J connectivity index is 2.33. The minimum Gasteiger partial charge on any atom is -0.376 e. The molecule has 2 rings (SSSR count). The van der Waals surface area contributed by atoms with Gasteiger partial charge in [-0.25, -0.2) is 0 Å². The molecule has 0 saturated heterocycles. The van der Waals surface area contributed by atoms with Gasteiger partial charge < -0.3 is 5.32 Å². The fraction of sp³-hybridized carbons (Fsp3) is 0.200. The van der Waals surface area contributed by atoms with Gasteiger partial charge >= 0.3 is 0 Å². The number of rotatable bonds is 4. The van der Waals surface area contributed by atoms with Crippen LogP contribution in [-0.4, -0.2) is 0 Å². The average Bonchev–Trinajstić information content (AvgIpc) is 2.41. The van der Waals surface area contributed by atoms with Crippen molar-refractivity contribution in [1.82, 2.24) is 0 Å². The van der Waals surface area contributed by atoms with Crippen LogP contribution in [0.4, 0.5) is 5.69 Å². The summed E-state index contributed by atoms with van der Waals surface area (Å²) in [7, 11) is 0. The zero-order valence-electron chi connectivity index (χ0n) is 11.1. The van der Waals surface area contributed by atoms with Crippen LogP contribution in [0, 0.1) is 0 Å². The third kappa shape index (κ3) is 4.20. The molecule has 1 unspecified atom stereocenters. The molecular formula is C15H12BrCl4N. The van der Waals surface area contributed by atoms with Crippen LogP contribution in [0.2, 0.25) is 20.1 Å². The van der Waals surface area contributed by atoms with Crippen molar-refractivity contribution in [3.05, 3.63) is 60.5 Å². The van der Waals surface area contributed by atoms with Crippen molar-refractivity contribution in [1.29, 1.82) is 0 Å². The first kappa shape index (κ1) is 17.2. The summed E-state index contributed by atoms with van der Waals surface area (Å²) in [6.45, 7) is 2.07. The van der Waals surface area contributed by atoms with Gasteiger partial charge in [0.1, 0.15) is 0 Å². The lowest BCUT2D eigenvalue weighted by atomic mass is 10.0. The van der Waals surface area contributed by atoms with Crippen molar-refractivity contribution in [3.8, 4) is 0 Å². The van der Waals surface area contributed by atoms with Crippen LogP contribution in [0.1, 0.15) is 24.9 Å². The number of hydrogen-bond acceptors (Lipinski definition) is 1. The molecule has 0 radical (unpaired) electrons. The van der Waals surface area contributed by atoms with Gasteiger partial charge in [0.2, 0.25) is 0 Å². The van der Waals surface area contributed by atoms with Gasteiger partial charge in [0, 0.05) is 4.47 Å². The highest BCUT2D eigenvalue weighted by Gasteiger charge is 2.15. The van der Waals surface area contributed by atoms with Crippen LogP contribution in [-0.2, 0) is 0 Å². The van der Waals surface area contributed by atoms with Gasteiger partial charge in [0.25, 0.3) is 0 Å². The number of benzene rings is 2. The molecule has 1 nitrogen and oxygen atoms in total. The molecule has 0 bridgehead atoms. The summed E-state index contributed by atoms with van der Waals surface area (Å²) in [4.78, 5) is 0. The standard InChI is InChI=1S/C15H12BrCl4N/c1-2-14(8-3-4-10(17)11(18)5-8)21-15-12(19)6-9(16)7-13(15)20/h3-7,14,21H,2H2,1H3. The fourth-order valence-electron chi connectivity index (χ4n) is 2.00. The molecule has 112 valence electrons. The van der Waals surface area contributed by atoms with E-state index in [0.29, 0.717) is 25.8 Å². The maximum atomic E-state index is 6.26. The highest BCUT2D eigenvalue weighted by Crippen LogP contribution is 2.37. The summed E-state index contributed by atoms with van der Waals surface area (Å²) in [5.41, 5.74) is 1.74. The highest BCUT2D eigenvalue weighted by atomic mass is 79.9. The molecule has 2 aromatic carbocycles. The Hall–Kier alpha value is -0.120. The molecular weight excluding hydrogens is 416 g/mol. The van der Waals surface area contributed by atoms with Crippen LogP contribution >= 0.6 is 62.3 Å². The van der Waals surface area contributed by atoms with Crippen molar-refractivity contribution < 1.29 is 0 Å². The predicted octanol–water partition coefficient (Wildman–Crippen LogP) is 7.63. The van der Waals surface area contributed by atoms with Crippen LogP contribution in [0.5, 0.6) is 0 Å². The maximum absolute atomic E-state index is 6.26. The largest absolute Gasteiger partial charge is 0.376 e. The third-order valence-corrected chi connectivity index (χ3v) is 4.87. The van der Waals surface area contributed by atoms with Gasteiger partial charge in [0.15, 0.2) is 0 Å². The lowest BCUT2D eigenvalue weighted by Crippen LogP contribution is -2.10. The van der Waals surface area contributed by atoms with Gasteiger partial charge in [0.05, 0.1) is 31.8 Å². The van der Waals surface area contributed by atoms with Gasteiger partial charge in [-0.1, -0.05) is 75.3 Å².